The minimum absolute atomic E-state index is 0.238. The van der Waals surface area contributed by atoms with E-state index in [2.05, 4.69) is 0 Å². The van der Waals surface area contributed by atoms with Crippen LogP contribution in [0.3, 0.4) is 0 Å². The average molecular weight is 311 g/mol. The number of benzene rings is 2. The van der Waals surface area contributed by atoms with Crippen molar-refractivity contribution in [1.29, 1.82) is 0 Å². The molecule has 1 aliphatic rings. The lowest BCUT2D eigenvalue weighted by Crippen LogP contribution is -2.48. The van der Waals surface area contributed by atoms with E-state index < -0.39 is 5.97 Å². The molecule has 3 rings (SSSR count). The van der Waals surface area contributed by atoms with Gasteiger partial charge < -0.3 is 14.7 Å². The zero-order chi connectivity index (χ0) is 16.2. The second-order valence-electron chi connectivity index (χ2n) is 5.57. The highest BCUT2D eigenvalue weighted by molar-refractivity contribution is 5.87. The fourth-order valence-corrected chi connectivity index (χ4v) is 2.55. The Bertz CT molecular complexity index is 691. The van der Waals surface area contributed by atoms with Gasteiger partial charge in [0.05, 0.1) is 5.56 Å². The largest absolute Gasteiger partial charge is 0.478 e. The van der Waals surface area contributed by atoms with Crippen molar-refractivity contribution < 1.29 is 19.4 Å². The summed E-state index contributed by atoms with van der Waals surface area (Å²) in [5.41, 5.74) is 2.27. The van der Waals surface area contributed by atoms with Gasteiger partial charge in [0.25, 0.3) is 0 Å². The van der Waals surface area contributed by atoms with Gasteiger partial charge in [0.1, 0.15) is 6.61 Å². The summed E-state index contributed by atoms with van der Waals surface area (Å²) in [6.07, 6.45) is -0.313. The Labute approximate surface area is 134 Å². The van der Waals surface area contributed by atoms with Gasteiger partial charge in [0, 0.05) is 19.0 Å². The lowest BCUT2D eigenvalue weighted by atomic mass is 9.91. The number of hydrogen-bond donors (Lipinski definition) is 1. The number of carbonyl (C=O) groups is 2. The highest BCUT2D eigenvalue weighted by Crippen LogP contribution is 2.27. The molecular weight excluding hydrogens is 294 g/mol. The molecule has 0 atom stereocenters. The Morgan fingerprint density at radius 1 is 1.04 bits per heavy atom. The Kier molecular flexibility index (Phi) is 4.28. The van der Waals surface area contributed by atoms with E-state index in [1.54, 1.807) is 29.2 Å². The topological polar surface area (TPSA) is 66.8 Å². The van der Waals surface area contributed by atoms with Crippen molar-refractivity contribution >= 4 is 12.1 Å². The predicted octanol–water partition coefficient (Wildman–Crippen LogP) is 3.12. The Morgan fingerprint density at radius 3 is 2.30 bits per heavy atom. The normalized spacial score (nSPS) is 14.2. The molecule has 23 heavy (non-hydrogen) atoms. The van der Waals surface area contributed by atoms with Gasteiger partial charge in [0.15, 0.2) is 0 Å². The van der Waals surface area contributed by atoms with Crippen LogP contribution in [0.4, 0.5) is 4.79 Å². The van der Waals surface area contributed by atoms with Crippen molar-refractivity contribution in [1.82, 2.24) is 4.90 Å². The summed E-state index contributed by atoms with van der Waals surface area (Å²) in [5.74, 6) is -0.696. The Hall–Kier alpha value is -2.82. The average Bonchev–Trinajstić information content (AvgIpc) is 2.53. The molecule has 118 valence electrons. The standard InChI is InChI=1S/C18H17NO4/c20-17(21)15-8-6-14(7-9-15)16-10-19(11-16)18(22)23-12-13-4-2-1-3-5-13/h1-9,16H,10-12H2,(H,20,21). The van der Waals surface area contributed by atoms with Crippen molar-refractivity contribution in [2.45, 2.75) is 12.5 Å². The molecule has 1 aliphatic heterocycles. The number of likely N-dealkylation sites (tertiary alicyclic amines) is 1. The summed E-state index contributed by atoms with van der Waals surface area (Å²) in [7, 11) is 0. The summed E-state index contributed by atoms with van der Waals surface area (Å²) in [6, 6.07) is 16.4. The second kappa shape index (κ2) is 6.52. The van der Waals surface area contributed by atoms with Crippen LogP contribution in [-0.4, -0.2) is 35.2 Å². The van der Waals surface area contributed by atoms with Crippen molar-refractivity contribution in [3.05, 3.63) is 71.3 Å². The Balaban J connectivity index is 1.48. The lowest BCUT2D eigenvalue weighted by molar-refractivity contribution is 0.0664. The van der Waals surface area contributed by atoms with E-state index in [0.717, 1.165) is 11.1 Å². The van der Waals surface area contributed by atoms with Crippen LogP contribution in [0.15, 0.2) is 54.6 Å². The SMILES string of the molecule is O=C(O)c1ccc(C2CN(C(=O)OCc3ccccc3)C2)cc1. The van der Waals surface area contributed by atoms with Gasteiger partial charge in [-0.15, -0.1) is 0 Å². The van der Waals surface area contributed by atoms with Crippen LogP contribution in [0.25, 0.3) is 0 Å². The summed E-state index contributed by atoms with van der Waals surface area (Å²) >= 11 is 0. The number of nitrogens with zero attached hydrogens (tertiary/aromatic N) is 1. The molecule has 0 spiro atoms. The first kappa shape index (κ1) is 15.1. The van der Waals surface area contributed by atoms with E-state index in [0.29, 0.717) is 13.1 Å². The van der Waals surface area contributed by atoms with Crippen LogP contribution in [0.2, 0.25) is 0 Å². The van der Waals surface area contributed by atoms with E-state index in [1.807, 2.05) is 30.3 Å². The molecule has 5 nitrogen and oxygen atoms in total. The molecule has 0 bridgehead atoms. The lowest BCUT2D eigenvalue weighted by Gasteiger charge is -2.38. The minimum atomic E-state index is -0.934. The smallest absolute Gasteiger partial charge is 0.410 e. The molecular formula is C18H17NO4. The molecule has 1 saturated heterocycles. The van der Waals surface area contributed by atoms with Crippen LogP contribution >= 0.6 is 0 Å². The fourth-order valence-electron chi connectivity index (χ4n) is 2.55. The summed E-state index contributed by atoms with van der Waals surface area (Å²) in [6.45, 7) is 1.47. The molecule has 2 aromatic carbocycles. The van der Waals surface area contributed by atoms with Crippen molar-refractivity contribution in [3.63, 3.8) is 0 Å². The highest BCUT2D eigenvalue weighted by atomic mass is 16.6. The number of ether oxygens (including phenoxy) is 1. The van der Waals surface area contributed by atoms with Gasteiger partial charge in [-0.1, -0.05) is 42.5 Å². The van der Waals surface area contributed by atoms with Crippen molar-refractivity contribution in [3.8, 4) is 0 Å². The van der Waals surface area contributed by atoms with Crippen molar-refractivity contribution in [2.75, 3.05) is 13.1 Å². The van der Waals surface area contributed by atoms with E-state index in [-0.39, 0.29) is 24.2 Å². The van der Waals surface area contributed by atoms with Gasteiger partial charge in [-0.25, -0.2) is 9.59 Å². The number of carboxylic acid groups (broad SMARTS) is 1. The van der Waals surface area contributed by atoms with E-state index >= 15 is 0 Å². The van der Waals surface area contributed by atoms with E-state index in [1.165, 1.54) is 0 Å². The van der Waals surface area contributed by atoms with Gasteiger partial charge in [0.2, 0.25) is 0 Å². The number of rotatable bonds is 4. The molecule has 1 N–H and O–H groups in total. The van der Waals surface area contributed by atoms with E-state index in [9.17, 15) is 9.59 Å². The third kappa shape index (κ3) is 3.51. The quantitative estimate of drug-likeness (QED) is 0.942. The third-order valence-electron chi connectivity index (χ3n) is 3.97. The maximum absolute atomic E-state index is 11.9. The molecule has 0 aliphatic carbocycles. The maximum atomic E-state index is 11.9. The van der Waals surface area contributed by atoms with Gasteiger partial charge in [-0.3, -0.25) is 0 Å². The first-order valence-electron chi connectivity index (χ1n) is 7.42. The zero-order valence-electron chi connectivity index (χ0n) is 12.5. The zero-order valence-corrected chi connectivity index (χ0v) is 12.5. The maximum Gasteiger partial charge on any atom is 0.410 e. The highest BCUT2D eigenvalue weighted by Gasteiger charge is 2.32. The van der Waals surface area contributed by atoms with Gasteiger partial charge >= 0.3 is 12.1 Å². The first-order valence-corrected chi connectivity index (χ1v) is 7.42. The van der Waals surface area contributed by atoms with Crippen LogP contribution in [0, 0.1) is 0 Å². The predicted molar refractivity (Wildman–Crippen MR) is 84.3 cm³/mol. The fraction of sp³-hybridized carbons (Fsp3) is 0.222. The van der Waals surface area contributed by atoms with Crippen LogP contribution in [0.5, 0.6) is 0 Å². The molecule has 0 radical (unpaired) electrons. The first-order chi connectivity index (χ1) is 11.1. The molecule has 5 heteroatoms. The molecule has 0 saturated carbocycles. The minimum Gasteiger partial charge on any atom is -0.478 e. The molecule has 0 aromatic heterocycles. The molecule has 2 aromatic rings. The monoisotopic (exact) mass is 311 g/mol. The molecule has 1 amide bonds. The molecule has 1 fully saturated rings. The number of carboxylic acids is 1. The summed E-state index contributed by atoms with van der Waals surface area (Å²) < 4.78 is 5.28. The number of carbonyl (C=O) groups excluding carboxylic acids is 1. The molecule has 0 unspecified atom stereocenters. The van der Waals surface area contributed by atoms with Crippen LogP contribution in [0.1, 0.15) is 27.4 Å². The number of hydrogen-bond acceptors (Lipinski definition) is 3. The van der Waals surface area contributed by atoms with E-state index in [4.69, 9.17) is 9.84 Å². The van der Waals surface area contributed by atoms with Crippen molar-refractivity contribution in [2.24, 2.45) is 0 Å². The number of amides is 1. The van der Waals surface area contributed by atoms with Crippen LogP contribution < -0.4 is 0 Å². The summed E-state index contributed by atoms with van der Waals surface area (Å²) in [4.78, 5) is 24.4. The third-order valence-corrected chi connectivity index (χ3v) is 3.97. The number of aromatic carboxylic acids is 1. The molecule has 1 heterocycles. The van der Waals surface area contributed by atoms with Gasteiger partial charge in [-0.05, 0) is 23.3 Å². The second-order valence-corrected chi connectivity index (χ2v) is 5.57. The van der Waals surface area contributed by atoms with Gasteiger partial charge in [-0.2, -0.15) is 0 Å². The summed E-state index contributed by atoms with van der Waals surface area (Å²) in [5, 5.41) is 8.88. The Morgan fingerprint density at radius 2 is 1.70 bits per heavy atom. The van der Waals surface area contributed by atoms with Crippen LogP contribution in [-0.2, 0) is 11.3 Å².